The number of amides is 2. The Balaban J connectivity index is 1.55. The van der Waals surface area contributed by atoms with Crippen molar-refractivity contribution in [3.05, 3.63) is 60.8 Å². The van der Waals surface area contributed by atoms with Crippen LogP contribution in [0.1, 0.15) is 0 Å². The zero-order valence-corrected chi connectivity index (χ0v) is 16.7. The lowest BCUT2D eigenvalue weighted by Gasteiger charge is -2.14. The van der Waals surface area contributed by atoms with E-state index in [1.807, 2.05) is 0 Å². The Morgan fingerprint density at radius 3 is 2.48 bits per heavy atom. The molecular formula is C21H19FN6O3. The van der Waals surface area contributed by atoms with Gasteiger partial charge in [0.2, 0.25) is 0 Å². The number of anilines is 4. The van der Waals surface area contributed by atoms with Crippen LogP contribution in [-0.2, 0) is 0 Å². The van der Waals surface area contributed by atoms with Crippen LogP contribution in [0.25, 0.3) is 10.9 Å². The molecule has 0 aliphatic heterocycles. The van der Waals surface area contributed by atoms with E-state index in [1.165, 1.54) is 24.5 Å². The number of nitrogens with zero attached hydrogens (tertiary/aromatic N) is 2. The van der Waals surface area contributed by atoms with E-state index in [4.69, 9.17) is 9.47 Å². The van der Waals surface area contributed by atoms with E-state index in [0.29, 0.717) is 34.1 Å². The Bertz CT molecular complexity index is 1230. The smallest absolute Gasteiger partial charge is 0.323 e. The summed E-state index contributed by atoms with van der Waals surface area (Å²) in [5, 5.41) is 15.3. The predicted molar refractivity (Wildman–Crippen MR) is 116 cm³/mol. The lowest BCUT2D eigenvalue weighted by atomic mass is 10.1. The number of H-pyrrole nitrogens is 1. The van der Waals surface area contributed by atoms with Gasteiger partial charge in [0.25, 0.3) is 0 Å². The first-order valence-corrected chi connectivity index (χ1v) is 9.21. The number of rotatable bonds is 6. The van der Waals surface area contributed by atoms with Crippen LogP contribution in [0.15, 0.2) is 55.0 Å². The van der Waals surface area contributed by atoms with Gasteiger partial charge in [0.1, 0.15) is 5.82 Å². The summed E-state index contributed by atoms with van der Waals surface area (Å²) in [6.07, 6.45) is 4.60. The monoisotopic (exact) mass is 422 g/mol. The van der Waals surface area contributed by atoms with Crippen molar-refractivity contribution in [1.29, 1.82) is 0 Å². The number of benzene rings is 2. The van der Waals surface area contributed by atoms with Gasteiger partial charge in [-0.1, -0.05) is 0 Å². The van der Waals surface area contributed by atoms with Gasteiger partial charge >= 0.3 is 6.03 Å². The van der Waals surface area contributed by atoms with E-state index in [2.05, 4.69) is 31.1 Å². The molecule has 2 heterocycles. The molecule has 10 heteroatoms. The van der Waals surface area contributed by atoms with Crippen LogP contribution in [0.5, 0.6) is 11.5 Å². The van der Waals surface area contributed by atoms with E-state index in [0.717, 1.165) is 5.39 Å². The highest BCUT2D eigenvalue weighted by atomic mass is 19.1. The number of methoxy groups -OCH3 is 2. The fourth-order valence-corrected chi connectivity index (χ4v) is 3.03. The molecule has 0 fully saturated rings. The van der Waals surface area contributed by atoms with Crippen LogP contribution in [0, 0.1) is 5.82 Å². The van der Waals surface area contributed by atoms with E-state index in [-0.39, 0.29) is 5.69 Å². The van der Waals surface area contributed by atoms with Crippen molar-refractivity contribution < 1.29 is 18.7 Å². The van der Waals surface area contributed by atoms with Gasteiger partial charge in [-0.3, -0.25) is 10.1 Å². The number of urea groups is 1. The van der Waals surface area contributed by atoms with E-state index in [1.54, 1.807) is 44.7 Å². The minimum atomic E-state index is -0.536. The van der Waals surface area contributed by atoms with E-state index >= 15 is 0 Å². The third kappa shape index (κ3) is 4.32. The normalized spacial score (nSPS) is 10.5. The van der Waals surface area contributed by atoms with Crippen molar-refractivity contribution in [3.8, 4) is 11.5 Å². The molecule has 0 aliphatic rings. The molecule has 9 nitrogen and oxygen atoms in total. The van der Waals surface area contributed by atoms with Gasteiger partial charge < -0.3 is 25.4 Å². The molecule has 4 aromatic rings. The number of halogens is 1. The number of hydrogen-bond acceptors (Lipinski definition) is 6. The Morgan fingerprint density at radius 1 is 1.00 bits per heavy atom. The summed E-state index contributed by atoms with van der Waals surface area (Å²) in [4.78, 5) is 16.3. The average Bonchev–Trinajstić information content (AvgIpc) is 3.27. The predicted octanol–water partition coefficient (Wildman–Crippen LogP) is 4.50. The van der Waals surface area contributed by atoms with Gasteiger partial charge in [0, 0.05) is 35.2 Å². The zero-order chi connectivity index (χ0) is 21.8. The Hall–Kier alpha value is -4.34. The summed E-state index contributed by atoms with van der Waals surface area (Å²) in [6, 6.07) is 9.10. The molecule has 2 amide bonds. The van der Waals surface area contributed by atoms with Gasteiger partial charge in [0.15, 0.2) is 11.5 Å². The molecule has 0 aliphatic carbocycles. The number of aromatic amines is 1. The van der Waals surface area contributed by atoms with Gasteiger partial charge in [-0.05, 0) is 30.3 Å². The molecule has 0 bridgehead atoms. The summed E-state index contributed by atoms with van der Waals surface area (Å²) >= 11 is 0. The first kappa shape index (κ1) is 20.0. The van der Waals surface area contributed by atoms with Crippen molar-refractivity contribution in [2.24, 2.45) is 0 Å². The maximum atomic E-state index is 14.7. The SMILES string of the molecule is COc1cc2nccc(Nc3ccc(NC(=O)Nc4cn[nH]c4)cc3F)c2cc1OC. The highest BCUT2D eigenvalue weighted by Gasteiger charge is 2.12. The molecule has 31 heavy (non-hydrogen) atoms. The number of nitrogens with one attached hydrogen (secondary N) is 4. The van der Waals surface area contributed by atoms with Crippen LogP contribution >= 0.6 is 0 Å². The molecule has 0 unspecified atom stereocenters. The number of carbonyl (C=O) groups is 1. The topological polar surface area (TPSA) is 113 Å². The highest BCUT2D eigenvalue weighted by molar-refractivity contribution is 6.00. The summed E-state index contributed by atoms with van der Waals surface area (Å²) in [5.74, 6) is 0.552. The number of carbonyl (C=O) groups excluding carboxylic acids is 1. The molecule has 0 atom stereocenters. The van der Waals surface area contributed by atoms with Crippen LogP contribution in [-0.4, -0.2) is 35.4 Å². The second-order valence-electron chi connectivity index (χ2n) is 6.47. The average molecular weight is 422 g/mol. The van der Waals surface area contributed by atoms with Gasteiger partial charge in [-0.2, -0.15) is 5.10 Å². The van der Waals surface area contributed by atoms with Gasteiger partial charge in [0.05, 0.1) is 37.3 Å². The van der Waals surface area contributed by atoms with Crippen LogP contribution in [0.2, 0.25) is 0 Å². The molecule has 0 spiro atoms. The zero-order valence-electron chi connectivity index (χ0n) is 16.7. The summed E-state index contributed by atoms with van der Waals surface area (Å²) in [5.41, 5.74) is 2.34. The molecule has 2 aromatic carbocycles. The highest BCUT2D eigenvalue weighted by Crippen LogP contribution is 2.35. The lowest BCUT2D eigenvalue weighted by Crippen LogP contribution is -2.19. The van der Waals surface area contributed by atoms with Crippen molar-refractivity contribution in [3.63, 3.8) is 0 Å². The summed E-state index contributed by atoms with van der Waals surface area (Å²) in [6.45, 7) is 0. The Labute approximate surface area is 176 Å². The minimum absolute atomic E-state index is 0.239. The minimum Gasteiger partial charge on any atom is -0.493 e. The summed E-state index contributed by atoms with van der Waals surface area (Å²) < 4.78 is 25.4. The second kappa shape index (κ2) is 8.57. The van der Waals surface area contributed by atoms with E-state index in [9.17, 15) is 9.18 Å². The fraction of sp³-hybridized carbons (Fsp3) is 0.0952. The number of pyridine rings is 1. The molecule has 4 N–H and O–H groups in total. The van der Waals surface area contributed by atoms with Crippen LogP contribution < -0.4 is 25.4 Å². The number of fused-ring (bicyclic) bond motifs is 1. The molecule has 2 aromatic heterocycles. The van der Waals surface area contributed by atoms with Gasteiger partial charge in [-0.15, -0.1) is 0 Å². The number of ether oxygens (including phenoxy) is 2. The van der Waals surface area contributed by atoms with Crippen LogP contribution in [0.4, 0.5) is 31.9 Å². The van der Waals surface area contributed by atoms with Crippen LogP contribution in [0.3, 0.4) is 0 Å². The third-order valence-electron chi connectivity index (χ3n) is 4.50. The van der Waals surface area contributed by atoms with Crippen molar-refractivity contribution in [2.75, 3.05) is 30.2 Å². The van der Waals surface area contributed by atoms with E-state index < -0.39 is 11.8 Å². The fourth-order valence-electron chi connectivity index (χ4n) is 3.03. The Morgan fingerprint density at radius 2 is 1.77 bits per heavy atom. The molecular weight excluding hydrogens is 403 g/mol. The number of hydrogen-bond donors (Lipinski definition) is 4. The van der Waals surface area contributed by atoms with Gasteiger partial charge in [-0.25, -0.2) is 9.18 Å². The molecule has 0 radical (unpaired) electrons. The third-order valence-corrected chi connectivity index (χ3v) is 4.50. The molecule has 158 valence electrons. The van der Waals surface area contributed by atoms with Crippen molar-refractivity contribution >= 4 is 39.7 Å². The lowest BCUT2D eigenvalue weighted by molar-refractivity contribution is 0.262. The van der Waals surface area contributed by atoms with Crippen molar-refractivity contribution in [1.82, 2.24) is 15.2 Å². The quantitative estimate of drug-likeness (QED) is 0.364. The first-order valence-electron chi connectivity index (χ1n) is 9.21. The maximum absolute atomic E-state index is 14.7. The molecule has 0 saturated heterocycles. The van der Waals surface area contributed by atoms with Crippen molar-refractivity contribution in [2.45, 2.75) is 0 Å². The molecule has 0 saturated carbocycles. The summed E-state index contributed by atoms with van der Waals surface area (Å²) in [7, 11) is 3.09. The second-order valence-corrected chi connectivity index (χ2v) is 6.47. The standard InChI is InChI=1S/C21H19FN6O3/c1-30-19-8-14-16(5-6-23-18(14)9-20(19)31-2)28-17-4-3-12(7-15(17)22)26-21(29)27-13-10-24-25-11-13/h3-11H,1-2H3,(H,23,28)(H,24,25)(H2,26,27,29). The molecule has 4 rings (SSSR count). The maximum Gasteiger partial charge on any atom is 0.323 e. The number of aromatic nitrogens is 3. The Kier molecular flexibility index (Phi) is 5.52. The largest absolute Gasteiger partial charge is 0.493 e. The first-order chi connectivity index (χ1) is 15.1.